The summed E-state index contributed by atoms with van der Waals surface area (Å²) in [5, 5.41) is 8.77. The Morgan fingerprint density at radius 2 is 2.33 bits per heavy atom. The van der Waals surface area contributed by atoms with E-state index in [-0.39, 0.29) is 0 Å². The smallest absolute Gasteiger partial charge is 0.129 e. The minimum atomic E-state index is -0.897. The Morgan fingerprint density at radius 1 is 1.56 bits per heavy atom. The number of benzene rings is 1. The molecule has 3 N–H and O–H groups in total. The molecule has 0 bridgehead atoms. The highest BCUT2D eigenvalue weighted by Gasteiger charge is 1.96. The van der Waals surface area contributed by atoms with Crippen LogP contribution >= 0.6 is 0 Å². The van der Waals surface area contributed by atoms with Crippen molar-refractivity contribution in [3.05, 3.63) is 35.9 Å². The lowest BCUT2D eigenvalue weighted by molar-refractivity contribution is 0.186. The molecular formula is C7H8NO. The lowest BCUT2D eigenvalue weighted by Crippen LogP contribution is -2.07. The molecule has 0 aliphatic carbocycles. The van der Waals surface area contributed by atoms with Crippen molar-refractivity contribution in [3.63, 3.8) is 0 Å². The van der Waals surface area contributed by atoms with Gasteiger partial charge in [0, 0.05) is 5.56 Å². The number of hydrogen-bond donors (Lipinski definition) is 2. The predicted molar refractivity (Wildman–Crippen MR) is 34.4 cm³/mol. The molecule has 1 unspecified atom stereocenters. The molecule has 1 atom stereocenters. The normalized spacial score (nSPS) is 13.1. The molecule has 0 amide bonds. The number of hydrogen-bond acceptors (Lipinski definition) is 2. The molecule has 0 saturated heterocycles. The van der Waals surface area contributed by atoms with Gasteiger partial charge in [-0.15, -0.1) is 0 Å². The van der Waals surface area contributed by atoms with E-state index in [0.29, 0.717) is 5.56 Å². The van der Waals surface area contributed by atoms with Crippen LogP contribution in [0.1, 0.15) is 11.8 Å². The SMILES string of the molecule is NC(O)c1[c]cccc1. The molecule has 0 aliphatic heterocycles. The van der Waals surface area contributed by atoms with Crippen molar-refractivity contribution in [2.45, 2.75) is 6.23 Å². The maximum atomic E-state index is 8.77. The highest BCUT2D eigenvalue weighted by atomic mass is 16.3. The third-order valence-electron chi connectivity index (χ3n) is 1.05. The quantitative estimate of drug-likeness (QED) is 0.531. The van der Waals surface area contributed by atoms with Gasteiger partial charge in [0.25, 0.3) is 0 Å². The van der Waals surface area contributed by atoms with Gasteiger partial charge in [-0.1, -0.05) is 24.3 Å². The summed E-state index contributed by atoms with van der Waals surface area (Å²) in [7, 11) is 0. The second-order valence-corrected chi connectivity index (χ2v) is 1.76. The average Bonchev–Trinajstić information content (AvgIpc) is 1.90. The number of aliphatic hydroxyl groups is 1. The fraction of sp³-hybridized carbons (Fsp3) is 0.143. The maximum absolute atomic E-state index is 8.77. The van der Waals surface area contributed by atoms with Crippen molar-refractivity contribution in [1.82, 2.24) is 0 Å². The summed E-state index contributed by atoms with van der Waals surface area (Å²) in [5.74, 6) is 0. The van der Waals surface area contributed by atoms with E-state index in [9.17, 15) is 0 Å². The summed E-state index contributed by atoms with van der Waals surface area (Å²) in [6.07, 6.45) is -0.897. The van der Waals surface area contributed by atoms with E-state index in [2.05, 4.69) is 6.07 Å². The van der Waals surface area contributed by atoms with E-state index in [0.717, 1.165) is 0 Å². The zero-order valence-electron chi connectivity index (χ0n) is 4.91. The molecule has 0 aliphatic rings. The Morgan fingerprint density at radius 3 is 2.67 bits per heavy atom. The molecule has 0 saturated carbocycles. The van der Waals surface area contributed by atoms with Crippen LogP contribution in [0.5, 0.6) is 0 Å². The molecule has 0 spiro atoms. The van der Waals surface area contributed by atoms with Gasteiger partial charge in [-0.3, -0.25) is 0 Å². The van der Waals surface area contributed by atoms with Crippen LogP contribution in [0.4, 0.5) is 0 Å². The zero-order chi connectivity index (χ0) is 6.69. The molecule has 9 heavy (non-hydrogen) atoms. The third-order valence-corrected chi connectivity index (χ3v) is 1.05. The van der Waals surface area contributed by atoms with Gasteiger partial charge in [-0.05, 0) is 6.07 Å². The molecule has 1 rings (SSSR count). The minimum Gasteiger partial charge on any atom is -0.375 e. The Hall–Kier alpha value is -0.860. The van der Waals surface area contributed by atoms with Crippen LogP contribution in [0.3, 0.4) is 0 Å². The third kappa shape index (κ3) is 1.52. The molecule has 47 valence electrons. The largest absolute Gasteiger partial charge is 0.375 e. The van der Waals surface area contributed by atoms with Crippen LogP contribution in [-0.2, 0) is 0 Å². The van der Waals surface area contributed by atoms with Gasteiger partial charge >= 0.3 is 0 Å². The minimum absolute atomic E-state index is 0.623. The van der Waals surface area contributed by atoms with Crippen LogP contribution in [0.2, 0.25) is 0 Å². The summed E-state index contributed by atoms with van der Waals surface area (Å²) in [5.41, 5.74) is 5.76. The molecule has 1 aromatic carbocycles. The van der Waals surface area contributed by atoms with Crippen molar-refractivity contribution in [1.29, 1.82) is 0 Å². The summed E-state index contributed by atoms with van der Waals surface area (Å²) in [6, 6.07) is 9.87. The second-order valence-electron chi connectivity index (χ2n) is 1.76. The first-order valence-corrected chi connectivity index (χ1v) is 2.71. The molecule has 0 aromatic heterocycles. The first-order valence-electron chi connectivity index (χ1n) is 2.71. The highest BCUT2D eigenvalue weighted by Crippen LogP contribution is 2.03. The molecule has 1 radical (unpaired) electrons. The molecule has 0 fully saturated rings. The number of rotatable bonds is 1. The van der Waals surface area contributed by atoms with E-state index < -0.39 is 6.23 Å². The monoisotopic (exact) mass is 122 g/mol. The van der Waals surface area contributed by atoms with Gasteiger partial charge in [0.1, 0.15) is 6.23 Å². The lowest BCUT2D eigenvalue weighted by atomic mass is 10.2. The molecule has 1 aromatic rings. The first-order chi connectivity index (χ1) is 4.30. The topological polar surface area (TPSA) is 46.2 Å². The summed E-state index contributed by atoms with van der Waals surface area (Å²) in [4.78, 5) is 0. The summed E-state index contributed by atoms with van der Waals surface area (Å²) < 4.78 is 0. The second kappa shape index (κ2) is 2.62. The standard InChI is InChI=1S/C7H8NO/c8-7(9)6-4-2-1-3-5-6/h1-4,7,9H,8H2. The van der Waals surface area contributed by atoms with Crippen LogP contribution < -0.4 is 5.73 Å². The van der Waals surface area contributed by atoms with Crippen LogP contribution in [0.15, 0.2) is 24.3 Å². The van der Waals surface area contributed by atoms with Gasteiger partial charge < -0.3 is 10.8 Å². The molecule has 2 heteroatoms. The van der Waals surface area contributed by atoms with E-state index >= 15 is 0 Å². The van der Waals surface area contributed by atoms with Crippen molar-refractivity contribution >= 4 is 0 Å². The van der Waals surface area contributed by atoms with Crippen molar-refractivity contribution in [3.8, 4) is 0 Å². The van der Waals surface area contributed by atoms with E-state index in [1.807, 2.05) is 12.1 Å². The average molecular weight is 122 g/mol. The van der Waals surface area contributed by atoms with Gasteiger partial charge in [-0.25, -0.2) is 0 Å². The van der Waals surface area contributed by atoms with Gasteiger partial charge in [-0.2, -0.15) is 0 Å². The lowest BCUT2D eigenvalue weighted by Gasteiger charge is -2.00. The van der Waals surface area contributed by atoms with Gasteiger partial charge in [0.15, 0.2) is 0 Å². The van der Waals surface area contributed by atoms with Crippen molar-refractivity contribution < 1.29 is 5.11 Å². The summed E-state index contributed by atoms with van der Waals surface area (Å²) in [6.45, 7) is 0. The Kier molecular flexibility index (Phi) is 1.82. The van der Waals surface area contributed by atoms with E-state index in [4.69, 9.17) is 10.8 Å². The summed E-state index contributed by atoms with van der Waals surface area (Å²) >= 11 is 0. The molecule has 0 heterocycles. The van der Waals surface area contributed by atoms with E-state index in [1.54, 1.807) is 12.1 Å². The highest BCUT2D eigenvalue weighted by molar-refractivity contribution is 5.14. The number of nitrogens with two attached hydrogens (primary N) is 1. The van der Waals surface area contributed by atoms with Crippen LogP contribution in [-0.4, -0.2) is 5.11 Å². The van der Waals surface area contributed by atoms with Crippen LogP contribution in [0.25, 0.3) is 0 Å². The zero-order valence-corrected chi connectivity index (χ0v) is 4.91. The molecular weight excluding hydrogens is 114 g/mol. The van der Waals surface area contributed by atoms with E-state index in [1.165, 1.54) is 0 Å². The fourth-order valence-electron chi connectivity index (χ4n) is 0.591. The van der Waals surface area contributed by atoms with Gasteiger partial charge in [0.05, 0.1) is 0 Å². The number of aliphatic hydroxyl groups excluding tert-OH is 1. The molecule has 2 nitrogen and oxygen atoms in total. The Balaban J connectivity index is 2.85. The van der Waals surface area contributed by atoms with Crippen molar-refractivity contribution in [2.24, 2.45) is 5.73 Å². The maximum Gasteiger partial charge on any atom is 0.129 e. The van der Waals surface area contributed by atoms with Crippen LogP contribution in [0, 0.1) is 6.07 Å². The first kappa shape index (κ1) is 6.26. The predicted octanol–water partition coefficient (Wildman–Crippen LogP) is 0.436. The Bertz CT molecular complexity index is 172. The van der Waals surface area contributed by atoms with Crippen molar-refractivity contribution in [2.75, 3.05) is 0 Å². The fourth-order valence-corrected chi connectivity index (χ4v) is 0.591. The Labute approximate surface area is 53.9 Å². The van der Waals surface area contributed by atoms with Gasteiger partial charge in [0.2, 0.25) is 0 Å².